The van der Waals surface area contributed by atoms with Gasteiger partial charge in [-0.15, -0.1) is 0 Å². The van der Waals surface area contributed by atoms with Gasteiger partial charge in [0.1, 0.15) is 5.78 Å². The number of allylic oxidation sites excluding steroid dienone is 2. The van der Waals surface area contributed by atoms with Crippen LogP contribution < -0.4 is 0 Å². The topological polar surface area (TPSA) is 17.1 Å². The zero-order valence-electron chi connectivity index (χ0n) is 6.26. The normalized spacial score (nSPS) is 44.5. The zero-order chi connectivity index (χ0) is 7.19. The lowest BCUT2D eigenvalue weighted by molar-refractivity contribution is -0.127. The molecule has 0 saturated heterocycles. The SMILES string of the molecule is CC12C=CC1C(=O)CCC2. The van der Waals surface area contributed by atoms with E-state index < -0.39 is 0 Å². The van der Waals surface area contributed by atoms with E-state index in [0.29, 0.717) is 5.78 Å². The Balaban J connectivity index is 2.26. The van der Waals surface area contributed by atoms with Gasteiger partial charge in [-0.25, -0.2) is 0 Å². The molecule has 0 spiro atoms. The Labute approximate surface area is 61.1 Å². The average molecular weight is 136 g/mol. The summed E-state index contributed by atoms with van der Waals surface area (Å²) in [6.45, 7) is 2.19. The summed E-state index contributed by atoms with van der Waals surface area (Å²) in [7, 11) is 0. The first-order valence-electron chi connectivity index (χ1n) is 3.94. The van der Waals surface area contributed by atoms with Crippen molar-refractivity contribution in [2.75, 3.05) is 0 Å². The van der Waals surface area contributed by atoms with E-state index in [-0.39, 0.29) is 11.3 Å². The van der Waals surface area contributed by atoms with Crippen molar-refractivity contribution in [1.29, 1.82) is 0 Å². The first kappa shape index (κ1) is 6.14. The third kappa shape index (κ3) is 0.606. The van der Waals surface area contributed by atoms with E-state index in [0.717, 1.165) is 12.8 Å². The summed E-state index contributed by atoms with van der Waals surface area (Å²) < 4.78 is 0. The minimum Gasteiger partial charge on any atom is -0.299 e. The summed E-state index contributed by atoms with van der Waals surface area (Å²) in [6.07, 6.45) is 7.36. The zero-order valence-corrected chi connectivity index (χ0v) is 6.26. The molecule has 0 aromatic carbocycles. The summed E-state index contributed by atoms with van der Waals surface area (Å²) in [5, 5.41) is 0. The fourth-order valence-corrected chi connectivity index (χ4v) is 2.03. The highest BCUT2D eigenvalue weighted by molar-refractivity contribution is 5.86. The molecular formula is C9H12O. The number of hydrogen-bond donors (Lipinski definition) is 0. The Kier molecular flexibility index (Phi) is 1.05. The number of carbonyl (C=O) groups excluding carboxylic acids is 1. The fourth-order valence-electron chi connectivity index (χ4n) is 2.03. The van der Waals surface area contributed by atoms with E-state index >= 15 is 0 Å². The standard InChI is InChI=1S/C9H12O/c1-9-5-2-3-8(10)7(9)4-6-9/h4,6-7H,2-3,5H2,1H3. The van der Waals surface area contributed by atoms with Gasteiger partial charge < -0.3 is 0 Å². The second-order valence-corrected chi connectivity index (χ2v) is 3.66. The molecule has 1 heteroatoms. The third-order valence-electron chi connectivity index (χ3n) is 2.87. The number of hydrogen-bond acceptors (Lipinski definition) is 1. The van der Waals surface area contributed by atoms with Crippen molar-refractivity contribution in [3.63, 3.8) is 0 Å². The maximum Gasteiger partial charge on any atom is 0.140 e. The molecule has 0 aromatic heterocycles. The van der Waals surface area contributed by atoms with Crippen LogP contribution in [0.5, 0.6) is 0 Å². The second kappa shape index (κ2) is 1.71. The molecule has 2 rings (SSSR count). The molecule has 2 atom stereocenters. The van der Waals surface area contributed by atoms with Gasteiger partial charge in [0, 0.05) is 12.3 Å². The number of Topliss-reactive ketones (excluding diaryl/α,β-unsaturated/α-hetero) is 1. The van der Waals surface area contributed by atoms with Crippen LogP contribution in [0.1, 0.15) is 26.2 Å². The van der Waals surface area contributed by atoms with E-state index in [4.69, 9.17) is 0 Å². The van der Waals surface area contributed by atoms with Gasteiger partial charge in [0.15, 0.2) is 0 Å². The Morgan fingerprint density at radius 3 is 2.90 bits per heavy atom. The molecule has 54 valence electrons. The van der Waals surface area contributed by atoms with E-state index in [1.54, 1.807) is 0 Å². The number of rotatable bonds is 0. The summed E-state index contributed by atoms with van der Waals surface area (Å²) in [5.41, 5.74) is 0.259. The van der Waals surface area contributed by atoms with E-state index in [1.807, 2.05) is 0 Å². The Morgan fingerprint density at radius 2 is 2.50 bits per heavy atom. The predicted octanol–water partition coefficient (Wildman–Crippen LogP) is 1.93. The van der Waals surface area contributed by atoms with Gasteiger partial charge in [0.2, 0.25) is 0 Å². The maximum absolute atomic E-state index is 11.2. The summed E-state index contributed by atoms with van der Waals surface area (Å²) in [6, 6.07) is 0. The molecule has 10 heavy (non-hydrogen) atoms. The van der Waals surface area contributed by atoms with E-state index in [1.165, 1.54) is 6.42 Å². The van der Waals surface area contributed by atoms with Gasteiger partial charge in [-0.3, -0.25) is 4.79 Å². The van der Waals surface area contributed by atoms with Crippen LogP contribution in [0, 0.1) is 11.3 Å². The van der Waals surface area contributed by atoms with Crippen LogP contribution in [0.2, 0.25) is 0 Å². The van der Waals surface area contributed by atoms with Crippen LogP contribution in [-0.2, 0) is 4.79 Å². The molecule has 0 aromatic rings. The Bertz CT molecular complexity index is 205. The highest BCUT2D eigenvalue weighted by Gasteiger charge is 2.43. The molecule has 0 N–H and O–H groups in total. The van der Waals surface area contributed by atoms with Crippen molar-refractivity contribution < 1.29 is 4.79 Å². The first-order valence-corrected chi connectivity index (χ1v) is 3.94. The summed E-state index contributed by atoms with van der Waals surface area (Å²) >= 11 is 0. The molecule has 0 bridgehead atoms. The van der Waals surface area contributed by atoms with Gasteiger partial charge in [0.05, 0.1) is 0 Å². The number of fused-ring (bicyclic) bond motifs is 1. The molecule has 0 heterocycles. The van der Waals surface area contributed by atoms with E-state index in [9.17, 15) is 4.79 Å². The lowest BCUT2D eigenvalue weighted by Crippen LogP contribution is -2.40. The van der Waals surface area contributed by atoms with Crippen LogP contribution in [0.25, 0.3) is 0 Å². The van der Waals surface area contributed by atoms with Crippen molar-refractivity contribution in [3.8, 4) is 0 Å². The van der Waals surface area contributed by atoms with Gasteiger partial charge in [-0.1, -0.05) is 19.1 Å². The number of carbonyl (C=O) groups is 1. The first-order chi connectivity index (χ1) is 4.72. The third-order valence-corrected chi connectivity index (χ3v) is 2.87. The van der Waals surface area contributed by atoms with Gasteiger partial charge in [0.25, 0.3) is 0 Å². The molecular weight excluding hydrogens is 124 g/mol. The van der Waals surface area contributed by atoms with Crippen LogP contribution in [0.3, 0.4) is 0 Å². The lowest BCUT2D eigenvalue weighted by Gasteiger charge is -2.43. The molecule has 2 aliphatic rings. The summed E-state index contributed by atoms with van der Waals surface area (Å²) in [4.78, 5) is 11.2. The van der Waals surface area contributed by atoms with Crippen molar-refractivity contribution in [1.82, 2.24) is 0 Å². The van der Waals surface area contributed by atoms with Crippen LogP contribution >= 0.6 is 0 Å². The molecule has 0 radical (unpaired) electrons. The molecule has 1 fully saturated rings. The molecule has 0 aliphatic heterocycles. The maximum atomic E-state index is 11.2. The largest absolute Gasteiger partial charge is 0.299 e. The molecule has 1 saturated carbocycles. The second-order valence-electron chi connectivity index (χ2n) is 3.66. The van der Waals surface area contributed by atoms with Crippen LogP contribution in [0.4, 0.5) is 0 Å². The lowest BCUT2D eigenvalue weighted by atomic mass is 9.60. The Hall–Kier alpha value is -0.590. The Morgan fingerprint density at radius 1 is 1.70 bits per heavy atom. The fraction of sp³-hybridized carbons (Fsp3) is 0.667. The predicted molar refractivity (Wildman–Crippen MR) is 39.6 cm³/mol. The van der Waals surface area contributed by atoms with Gasteiger partial charge in [-0.05, 0) is 18.3 Å². The summed E-state index contributed by atoms with van der Waals surface area (Å²) in [5.74, 6) is 0.734. The quantitative estimate of drug-likeness (QED) is 0.465. The number of ketones is 1. The molecule has 1 nitrogen and oxygen atoms in total. The molecule has 2 aliphatic carbocycles. The average Bonchev–Trinajstić information content (AvgIpc) is 1.83. The highest BCUT2D eigenvalue weighted by atomic mass is 16.1. The molecule has 0 amide bonds. The minimum absolute atomic E-state index is 0.259. The van der Waals surface area contributed by atoms with Crippen molar-refractivity contribution in [2.45, 2.75) is 26.2 Å². The van der Waals surface area contributed by atoms with Crippen molar-refractivity contribution in [3.05, 3.63) is 12.2 Å². The van der Waals surface area contributed by atoms with Gasteiger partial charge >= 0.3 is 0 Å². The van der Waals surface area contributed by atoms with Gasteiger partial charge in [-0.2, -0.15) is 0 Å². The molecule has 2 unspecified atom stereocenters. The van der Waals surface area contributed by atoms with Crippen LogP contribution in [-0.4, -0.2) is 5.78 Å². The smallest absolute Gasteiger partial charge is 0.140 e. The van der Waals surface area contributed by atoms with Crippen molar-refractivity contribution in [2.24, 2.45) is 11.3 Å². The van der Waals surface area contributed by atoms with Crippen LogP contribution in [0.15, 0.2) is 12.2 Å². The minimum atomic E-state index is 0.259. The highest BCUT2D eigenvalue weighted by Crippen LogP contribution is 2.47. The monoisotopic (exact) mass is 136 g/mol. The van der Waals surface area contributed by atoms with E-state index in [2.05, 4.69) is 19.1 Å². The van der Waals surface area contributed by atoms with Crippen molar-refractivity contribution >= 4 is 5.78 Å².